The predicted octanol–water partition coefficient (Wildman–Crippen LogP) is 2.64. The first-order valence-corrected chi connectivity index (χ1v) is 9.49. The molecule has 1 aromatic carbocycles. The van der Waals surface area contributed by atoms with Gasteiger partial charge in [-0.3, -0.25) is 4.90 Å². The molecular formula is C18H27NO3S. The van der Waals surface area contributed by atoms with E-state index >= 15 is 0 Å². The maximum Gasteiger partial charge on any atom is 0.127 e. The van der Waals surface area contributed by atoms with E-state index in [0.717, 1.165) is 30.9 Å². The molecule has 0 unspecified atom stereocenters. The number of aliphatic hydroxyl groups excluding tert-OH is 1. The number of hydrogen-bond acceptors (Lipinski definition) is 5. The van der Waals surface area contributed by atoms with Gasteiger partial charge in [0, 0.05) is 29.5 Å². The first kappa shape index (κ1) is 16.9. The van der Waals surface area contributed by atoms with Crippen molar-refractivity contribution >= 4 is 11.8 Å². The third-order valence-corrected chi connectivity index (χ3v) is 6.74. The fourth-order valence-electron chi connectivity index (χ4n) is 4.24. The summed E-state index contributed by atoms with van der Waals surface area (Å²) < 4.78 is 10.8. The molecule has 2 saturated carbocycles. The summed E-state index contributed by atoms with van der Waals surface area (Å²) in [5.41, 5.74) is 1.18. The highest BCUT2D eigenvalue weighted by atomic mass is 32.2. The molecule has 1 aromatic rings. The Morgan fingerprint density at radius 2 is 2.00 bits per heavy atom. The summed E-state index contributed by atoms with van der Waals surface area (Å²) in [4.78, 5) is 2.42. The number of hydrogen-bond donors (Lipinski definition) is 1. The normalized spacial score (nSPS) is 32.5. The van der Waals surface area contributed by atoms with E-state index in [2.05, 4.69) is 24.3 Å². The molecule has 2 aliphatic rings. The maximum absolute atomic E-state index is 10.3. The van der Waals surface area contributed by atoms with Gasteiger partial charge >= 0.3 is 0 Å². The molecule has 0 aromatic heterocycles. The zero-order valence-corrected chi connectivity index (χ0v) is 15.2. The summed E-state index contributed by atoms with van der Waals surface area (Å²) in [5, 5.41) is 10.8. The lowest BCUT2D eigenvalue weighted by atomic mass is 9.70. The Kier molecular flexibility index (Phi) is 5.09. The molecule has 0 heterocycles. The first-order valence-electron chi connectivity index (χ1n) is 8.21. The monoisotopic (exact) mass is 337 g/mol. The van der Waals surface area contributed by atoms with E-state index in [1.807, 2.05) is 23.9 Å². The average Bonchev–Trinajstić information content (AvgIpc) is 2.78. The van der Waals surface area contributed by atoms with Crippen LogP contribution in [-0.2, 0) is 6.54 Å². The number of methoxy groups -OCH3 is 2. The topological polar surface area (TPSA) is 41.9 Å². The van der Waals surface area contributed by atoms with Crippen LogP contribution in [-0.4, -0.2) is 54.9 Å². The van der Waals surface area contributed by atoms with Crippen molar-refractivity contribution in [1.82, 2.24) is 4.90 Å². The standard InChI is InChI=1S/C18H27NO3S/c1-19(10-11-5-6-12(21-2)7-16(11)22-3)15-8-14-13(15)9-17(23-4)18(14)20/h5-7,13-15,17-18,20H,8-10H2,1-4H3/t13-,14-,15+,17+,18+/m1/s1. The minimum atomic E-state index is -0.116. The van der Waals surface area contributed by atoms with E-state index in [-0.39, 0.29) is 6.10 Å². The van der Waals surface area contributed by atoms with E-state index in [0.29, 0.717) is 23.1 Å². The van der Waals surface area contributed by atoms with Crippen molar-refractivity contribution < 1.29 is 14.6 Å². The molecule has 2 fully saturated rings. The second-order valence-electron chi connectivity index (χ2n) is 6.72. The third kappa shape index (κ3) is 3.06. The molecule has 3 rings (SSSR count). The molecule has 0 radical (unpaired) electrons. The number of fused-ring (bicyclic) bond motifs is 1. The Balaban J connectivity index is 1.66. The van der Waals surface area contributed by atoms with Gasteiger partial charge in [-0.25, -0.2) is 0 Å². The molecule has 4 nitrogen and oxygen atoms in total. The average molecular weight is 337 g/mol. The Bertz CT molecular complexity index is 553. The molecule has 0 aliphatic heterocycles. The lowest BCUT2D eigenvalue weighted by molar-refractivity contribution is -0.0142. The summed E-state index contributed by atoms with van der Waals surface area (Å²) >= 11 is 1.81. The van der Waals surface area contributed by atoms with E-state index in [1.54, 1.807) is 14.2 Å². The zero-order valence-electron chi connectivity index (χ0n) is 14.4. The first-order chi connectivity index (χ1) is 11.1. The molecule has 2 aliphatic carbocycles. The maximum atomic E-state index is 10.3. The van der Waals surface area contributed by atoms with Crippen molar-refractivity contribution in [2.24, 2.45) is 11.8 Å². The molecule has 0 spiro atoms. The van der Waals surface area contributed by atoms with Crippen molar-refractivity contribution in [2.45, 2.75) is 36.8 Å². The SMILES string of the molecule is COc1ccc(CN(C)[C@H]2C[C@H]3[C@H](O)[C@@H](SC)C[C@H]32)c(OC)c1. The Morgan fingerprint density at radius 1 is 1.22 bits per heavy atom. The molecule has 128 valence electrons. The minimum absolute atomic E-state index is 0.116. The number of aliphatic hydroxyl groups is 1. The molecular weight excluding hydrogens is 310 g/mol. The van der Waals surface area contributed by atoms with Crippen LogP contribution in [0.4, 0.5) is 0 Å². The van der Waals surface area contributed by atoms with Crippen molar-refractivity contribution in [1.29, 1.82) is 0 Å². The van der Waals surface area contributed by atoms with Gasteiger partial charge in [-0.2, -0.15) is 11.8 Å². The van der Waals surface area contributed by atoms with Crippen molar-refractivity contribution in [3.8, 4) is 11.5 Å². The van der Waals surface area contributed by atoms with Gasteiger partial charge in [-0.05, 0) is 44.0 Å². The van der Waals surface area contributed by atoms with Gasteiger partial charge in [0.1, 0.15) is 11.5 Å². The van der Waals surface area contributed by atoms with Crippen LogP contribution in [0.15, 0.2) is 18.2 Å². The summed E-state index contributed by atoms with van der Waals surface area (Å²) in [5.74, 6) is 2.83. The Morgan fingerprint density at radius 3 is 2.65 bits per heavy atom. The smallest absolute Gasteiger partial charge is 0.127 e. The van der Waals surface area contributed by atoms with Crippen LogP contribution < -0.4 is 9.47 Å². The summed E-state index contributed by atoms with van der Waals surface area (Å²) in [7, 11) is 5.56. The molecule has 1 N–H and O–H groups in total. The van der Waals surface area contributed by atoms with Gasteiger partial charge in [0.05, 0.1) is 20.3 Å². The van der Waals surface area contributed by atoms with Gasteiger partial charge in [-0.1, -0.05) is 6.07 Å². The van der Waals surface area contributed by atoms with Crippen molar-refractivity contribution in [2.75, 3.05) is 27.5 Å². The lowest BCUT2D eigenvalue weighted by Gasteiger charge is -2.46. The fraction of sp³-hybridized carbons (Fsp3) is 0.667. The van der Waals surface area contributed by atoms with Crippen LogP contribution in [0.2, 0.25) is 0 Å². The van der Waals surface area contributed by atoms with E-state index in [1.165, 1.54) is 5.56 Å². The Hall–Kier alpha value is -0.910. The van der Waals surface area contributed by atoms with E-state index in [4.69, 9.17) is 9.47 Å². The van der Waals surface area contributed by atoms with E-state index in [9.17, 15) is 5.11 Å². The number of ether oxygens (including phenoxy) is 2. The quantitative estimate of drug-likeness (QED) is 0.864. The van der Waals surface area contributed by atoms with Crippen LogP contribution >= 0.6 is 11.8 Å². The van der Waals surface area contributed by atoms with Gasteiger partial charge in [-0.15, -0.1) is 0 Å². The summed E-state index contributed by atoms with van der Waals surface area (Å²) in [6, 6.07) is 6.57. The largest absolute Gasteiger partial charge is 0.497 e. The summed E-state index contributed by atoms with van der Waals surface area (Å²) in [6.07, 6.45) is 4.24. The second-order valence-corrected chi connectivity index (χ2v) is 7.80. The minimum Gasteiger partial charge on any atom is -0.497 e. The number of thioether (sulfide) groups is 1. The lowest BCUT2D eigenvalue weighted by Crippen LogP contribution is -2.51. The number of benzene rings is 1. The van der Waals surface area contributed by atoms with Crippen LogP contribution in [0.3, 0.4) is 0 Å². The zero-order chi connectivity index (χ0) is 16.6. The predicted molar refractivity (Wildman–Crippen MR) is 94.3 cm³/mol. The fourth-order valence-corrected chi connectivity index (χ4v) is 5.13. The highest BCUT2D eigenvalue weighted by Crippen LogP contribution is 2.52. The number of rotatable bonds is 6. The molecule has 5 atom stereocenters. The molecule has 0 amide bonds. The highest BCUT2D eigenvalue weighted by Gasteiger charge is 2.54. The second kappa shape index (κ2) is 6.91. The molecule has 5 heteroatoms. The van der Waals surface area contributed by atoms with Crippen LogP contribution in [0.1, 0.15) is 18.4 Å². The van der Waals surface area contributed by atoms with Crippen LogP contribution in [0.5, 0.6) is 11.5 Å². The third-order valence-electron chi connectivity index (χ3n) is 5.66. The van der Waals surface area contributed by atoms with Crippen LogP contribution in [0, 0.1) is 11.8 Å². The van der Waals surface area contributed by atoms with Crippen LogP contribution in [0.25, 0.3) is 0 Å². The van der Waals surface area contributed by atoms with Gasteiger partial charge in [0.25, 0.3) is 0 Å². The number of nitrogens with zero attached hydrogens (tertiary/aromatic N) is 1. The van der Waals surface area contributed by atoms with Gasteiger partial charge < -0.3 is 14.6 Å². The summed E-state index contributed by atoms with van der Waals surface area (Å²) in [6.45, 7) is 0.862. The van der Waals surface area contributed by atoms with Crippen molar-refractivity contribution in [3.05, 3.63) is 23.8 Å². The molecule has 0 saturated heterocycles. The molecule has 23 heavy (non-hydrogen) atoms. The highest BCUT2D eigenvalue weighted by molar-refractivity contribution is 7.99. The van der Waals surface area contributed by atoms with Gasteiger partial charge in [0.15, 0.2) is 0 Å². The van der Waals surface area contributed by atoms with Crippen molar-refractivity contribution in [3.63, 3.8) is 0 Å². The van der Waals surface area contributed by atoms with E-state index < -0.39 is 0 Å². The molecule has 0 bridgehead atoms. The van der Waals surface area contributed by atoms with Gasteiger partial charge in [0.2, 0.25) is 0 Å². The Labute approximate surface area is 143 Å².